The minimum atomic E-state index is -0.564. The highest BCUT2D eigenvalue weighted by Crippen LogP contribution is 2.21. The zero-order valence-corrected chi connectivity index (χ0v) is 15.9. The van der Waals surface area contributed by atoms with Crippen LogP contribution in [0.25, 0.3) is 11.0 Å². The number of rotatable bonds is 4. The number of imidazole rings is 1. The van der Waals surface area contributed by atoms with Crippen molar-refractivity contribution >= 4 is 44.4 Å². The Morgan fingerprint density at radius 2 is 1.73 bits per heavy atom. The fourth-order valence-corrected chi connectivity index (χ4v) is 3.22. The van der Waals surface area contributed by atoms with Crippen LogP contribution in [0.4, 0.5) is 20.6 Å². The quantitative estimate of drug-likeness (QED) is 0.656. The number of nitrogens with one attached hydrogen (secondary N) is 2. The fourth-order valence-electron chi connectivity index (χ4n) is 2.88. The maximum absolute atomic E-state index is 13.8. The number of anilines is 2. The number of hydrogen-bond donors (Lipinski definition) is 2. The number of carbonyl (C=O) groups excluding carboxylic acids is 1. The second kappa shape index (κ2) is 7.33. The molecule has 3 rings (SSSR count). The third-order valence-corrected chi connectivity index (χ3v) is 4.58. The summed E-state index contributed by atoms with van der Waals surface area (Å²) in [7, 11) is 0. The molecule has 0 unspecified atom stereocenters. The first kappa shape index (κ1) is 18.2. The van der Waals surface area contributed by atoms with E-state index in [1.807, 2.05) is 13.8 Å². The molecule has 0 saturated heterocycles. The largest absolute Gasteiger partial charge is 0.329 e. The zero-order valence-electron chi connectivity index (χ0n) is 14.3. The second-order valence-electron chi connectivity index (χ2n) is 5.68. The topological polar surface area (TPSA) is 68.1 Å². The molecule has 2 N–H and O–H groups in total. The predicted octanol–water partition coefficient (Wildman–Crippen LogP) is 4.39. The van der Waals surface area contributed by atoms with E-state index in [-0.39, 0.29) is 11.4 Å². The summed E-state index contributed by atoms with van der Waals surface area (Å²) in [5.41, 5.74) is 2.07. The van der Waals surface area contributed by atoms with Gasteiger partial charge in [-0.15, -0.1) is 0 Å². The number of aryl methyl sites for hydroxylation is 2. The standard InChI is InChI=1S/C18H18BrFN4O2/c1-3-23-15-8-6-12(10-16(15)24(4-2)18(23)26)21-17(25)22-14-7-5-11(19)9-13(14)20/h5-10H,3-4H2,1-2H3,(H2,21,22,25). The summed E-state index contributed by atoms with van der Waals surface area (Å²) < 4.78 is 17.7. The van der Waals surface area contributed by atoms with Gasteiger partial charge in [-0.25, -0.2) is 14.0 Å². The normalized spacial score (nSPS) is 10.9. The maximum atomic E-state index is 13.8. The van der Waals surface area contributed by atoms with Gasteiger partial charge in [0, 0.05) is 23.2 Å². The lowest BCUT2D eigenvalue weighted by atomic mass is 10.2. The Kier molecular flexibility index (Phi) is 5.13. The van der Waals surface area contributed by atoms with E-state index < -0.39 is 11.8 Å². The molecule has 0 bridgehead atoms. The molecule has 0 aliphatic heterocycles. The molecule has 1 heterocycles. The lowest BCUT2D eigenvalue weighted by Gasteiger charge is -2.09. The summed E-state index contributed by atoms with van der Waals surface area (Å²) in [5, 5.41) is 5.14. The van der Waals surface area contributed by atoms with E-state index in [0.717, 1.165) is 11.0 Å². The van der Waals surface area contributed by atoms with Crippen molar-refractivity contribution in [2.75, 3.05) is 10.6 Å². The van der Waals surface area contributed by atoms with Crippen LogP contribution in [0.2, 0.25) is 0 Å². The number of aromatic nitrogens is 2. The van der Waals surface area contributed by atoms with Gasteiger partial charge in [0.1, 0.15) is 5.82 Å². The molecule has 0 atom stereocenters. The van der Waals surface area contributed by atoms with Crippen molar-refractivity contribution in [2.45, 2.75) is 26.9 Å². The average molecular weight is 421 g/mol. The van der Waals surface area contributed by atoms with Crippen LogP contribution < -0.4 is 16.3 Å². The zero-order chi connectivity index (χ0) is 18.8. The van der Waals surface area contributed by atoms with Crippen LogP contribution >= 0.6 is 15.9 Å². The van der Waals surface area contributed by atoms with Gasteiger partial charge in [-0.2, -0.15) is 0 Å². The highest BCUT2D eigenvalue weighted by molar-refractivity contribution is 9.10. The average Bonchev–Trinajstić information content (AvgIpc) is 2.87. The molecule has 0 fully saturated rings. The Morgan fingerprint density at radius 3 is 2.38 bits per heavy atom. The summed E-state index contributed by atoms with van der Waals surface area (Å²) in [5.74, 6) is -0.537. The van der Waals surface area contributed by atoms with E-state index in [0.29, 0.717) is 23.2 Å². The van der Waals surface area contributed by atoms with E-state index >= 15 is 0 Å². The van der Waals surface area contributed by atoms with E-state index in [2.05, 4.69) is 26.6 Å². The van der Waals surface area contributed by atoms with Gasteiger partial charge in [-0.05, 0) is 50.2 Å². The van der Waals surface area contributed by atoms with E-state index in [1.165, 1.54) is 12.1 Å². The summed E-state index contributed by atoms with van der Waals surface area (Å²) in [4.78, 5) is 24.5. The van der Waals surface area contributed by atoms with Gasteiger partial charge < -0.3 is 10.6 Å². The first-order valence-electron chi connectivity index (χ1n) is 8.20. The third kappa shape index (κ3) is 3.37. The molecule has 0 aliphatic carbocycles. The predicted molar refractivity (Wildman–Crippen MR) is 104 cm³/mol. The van der Waals surface area contributed by atoms with Crippen LogP contribution in [-0.4, -0.2) is 15.2 Å². The van der Waals surface area contributed by atoms with Gasteiger partial charge >= 0.3 is 11.7 Å². The molecule has 0 radical (unpaired) electrons. The lowest BCUT2D eigenvalue weighted by Crippen LogP contribution is -2.23. The van der Waals surface area contributed by atoms with E-state index in [1.54, 1.807) is 33.4 Å². The van der Waals surface area contributed by atoms with E-state index in [4.69, 9.17) is 0 Å². The van der Waals surface area contributed by atoms with Crippen molar-refractivity contribution in [2.24, 2.45) is 0 Å². The summed E-state index contributed by atoms with van der Waals surface area (Å²) in [6.07, 6.45) is 0. The van der Waals surface area contributed by atoms with E-state index in [9.17, 15) is 14.0 Å². The van der Waals surface area contributed by atoms with Gasteiger partial charge in [0.25, 0.3) is 0 Å². The van der Waals surface area contributed by atoms with Gasteiger partial charge in [0.05, 0.1) is 16.7 Å². The molecule has 0 spiro atoms. The Morgan fingerprint density at radius 1 is 1.04 bits per heavy atom. The molecular weight excluding hydrogens is 403 g/mol. The van der Waals surface area contributed by atoms with Crippen molar-refractivity contribution in [3.8, 4) is 0 Å². The first-order chi connectivity index (χ1) is 12.4. The first-order valence-corrected chi connectivity index (χ1v) is 9.00. The van der Waals surface area contributed by atoms with Crippen molar-refractivity contribution in [1.29, 1.82) is 0 Å². The lowest BCUT2D eigenvalue weighted by molar-refractivity contribution is 0.262. The van der Waals surface area contributed by atoms with Crippen LogP contribution in [0.3, 0.4) is 0 Å². The number of urea groups is 1. The third-order valence-electron chi connectivity index (χ3n) is 4.09. The Bertz CT molecular complexity index is 1040. The van der Waals surface area contributed by atoms with Gasteiger partial charge in [0.2, 0.25) is 0 Å². The monoisotopic (exact) mass is 420 g/mol. The highest BCUT2D eigenvalue weighted by atomic mass is 79.9. The number of carbonyl (C=O) groups is 1. The molecule has 6 nitrogen and oxygen atoms in total. The Balaban J connectivity index is 1.86. The summed E-state index contributed by atoms with van der Waals surface area (Å²) in [6.45, 7) is 4.90. The molecule has 2 amide bonds. The molecule has 8 heteroatoms. The number of fused-ring (bicyclic) bond motifs is 1. The van der Waals surface area contributed by atoms with Crippen LogP contribution in [0.1, 0.15) is 13.8 Å². The van der Waals surface area contributed by atoms with Gasteiger partial charge in [-0.3, -0.25) is 9.13 Å². The number of halogens is 2. The number of nitrogens with zero attached hydrogens (tertiary/aromatic N) is 2. The van der Waals surface area contributed by atoms with Gasteiger partial charge in [-0.1, -0.05) is 15.9 Å². The smallest absolute Gasteiger partial charge is 0.308 e. The van der Waals surface area contributed by atoms with Gasteiger partial charge in [0.15, 0.2) is 0 Å². The molecule has 0 aliphatic rings. The molecular formula is C18H18BrFN4O2. The Hall–Kier alpha value is -2.61. The number of amides is 2. The highest BCUT2D eigenvalue weighted by Gasteiger charge is 2.13. The molecule has 0 saturated carbocycles. The minimum Gasteiger partial charge on any atom is -0.308 e. The molecule has 3 aromatic rings. The summed E-state index contributed by atoms with van der Waals surface area (Å²) >= 11 is 3.17. The van der Waals surface area contributed by atoms with Crippen LogP contribution in [-0.2, 0) is 13.1 Å². The van der Waals surface area contributed by atoms with Crippen molar-refractivity contribution in [1.82, 2.24) is 9.13 Å². The van der Waals surface area contributed by atoms with Crippen molar-refractivity contribution in [3.05, 3.63) is 57.2 Å². The fraction of sp³-hybridized carbons (Fsp3) is 0.222. The molecule has 1 aromatic heterocycles. The van der Waals surface area contributed by atoms with Crippen LogP contribution in [0.5, 0.6) is 0 Å². The second-order valence-corrected chi connectivity index (χ2v) is 6.59. The van der Waals surface area contributed by atoms with Crippen molar-refractivity contribution < 1.29 is 9.18 Å². The van der Waals surface area contributed by atoms with Crippen molar-refractivity contribution in [3.63, 3.8) is 0 Å². The van der Waals surface area contributed by atoms with Crippen LogP contribution in [0, 0.1) is 5.82 Å². The SMILES string of the molecule is CCn1c(=O)n(CC)c2cc(NC(=O)Nc3ccc(Br)cc3F)ccc21. The minimum absolute atomic E-state index is 0.0781. The maximum Gasteiger partial charge on any atom is 0.329 e. The Labute approximate surface area is 157 Å². The van der Waals surface area contributed by atoms with Crippen LogP contribution in [0.15, 0.2) is 45.7 Å². The molecule has 2 aromatic carbocycles. The number of benzene rings is 2. The molecule has 26 heavy (non-hydrogen) atoms. The number of hydrogen-bond acceptors (Lipinski definition) is 2. The summed E-state index contributed by atoms with van der Waals surface area (Å²) in [6, 6.07) is 9.06. The molecule has 136 valence electrons.